The third kappa shape index (κ3) is 3.69. The van der Waals surface area contributed by atoms with Gasteiger partial charge in [0.15, 0.2) is 0 Å². The summed E-state index contributed by atoms with van der Waals surface area (Å²) >= 11 is 0. The van der Waals surface area contributed by atoms with Crippen molar-refractivity contribution < 1.29 is 14.0 Å². The molecular weight excluding hydrogens is 261 g/mol. The Hall–Kier alpha value is -2.11. The van der Waals surface area contributed by atoms with Gasteiger partial charge >= 0.3 is 0 Å². The number of halogens is 1. The summed E-state index contributed by atoms with van der Waals surface area (Å²) < 4.78 is 13.7. The molecule has 0 saturated carbocycles. The van der Waals surface area contributed by atoms with Gasteiger partial charge in [0.2, 0.25) is 5.91 Å². The van der Waals surface area contributed by atoms with Crippen molar-refractivity contribution in [3.63, 3.8) is 0 Å². The standard InChI is InChI=1S/C14H20FN3O2/c1-4-17-11-9(6-5-7-10(11)15)12(19)18-8-14(2,3)13(16)20/h5-7,17H,4,8H2,1-3H3,(H2,16,20)(H,18,19). The van der Waals surface area contributed by atoms with Crippen molar-refractivity contribution >= 4 is 17.5 Å². The first-order valence-corrected chi connectivity index (χ1v) is 6.40. The Kier molecular flexibility index (Phi) is 5.07. The lowest BCUT2D eigenvalue weighted by molar-refractivity contribution is -0.125. The van der Waals surface area contributed by atoms with E-state index in [1.165, 1.54) is 18.2 Å². The Morgan fingerprint density at radius 3 is 2.55 bits per heavy atom. The quantitative estimate of drug-likeness (QED) is 0.738. The number of nitrogens with two attached hydrogens (primary N) is 1. The lowest BCUT2D eigenvalue weighted by atomic mass is 9.92. The normalized spacial score (nSPS) is 11.0. The van der Waals surface area contributed by atoms with E-state index in [0.717, 1.165) is 0 Å². The molecule has 20 heavy (non-hydrogen) atoms. The number of amides is 2. The molecule has 0 bridgehead atoms. The second-order valence-corrected chi connectivity index (χ2v) is 5.12. The zero-order valence-corrected chi connectivity index (χ0v) is 11.9. The first-order valence-electron chi connectivity index (χ1n) is 6.40. The summed E-state index contributed by atoms with van der Waals surface area (Å²) in [6.07, 6.45) is 0. The van der Waals surface area contributed by atoms with Gasteiger partial charge in [0.1, 0.15) is 5.82 Å². The fraction of sp³-hybridized carbons (Fsp3) is 0.429. The topological polar surface area (TPSA) is 84.2 Å². The molecule has 0 unspecified atom stereocenters. The molecule has 1 rings (SSSR count). The fourth-order valence-electron chi connectivity index (χ4n) is 1.55. The van der Waals surface area contributed by atoms with Crippen LogP contribution in [0.15, 0.2) is 18.2 Å². The third-order valence-electron chi connectivity index (χ3n) is 2.97. The van der Waals surface area contributed by atoms with Crippen LogP contribution in [-0.4, -0.2) is 24.9 Å². The van der Waals surface area contributed by atoms with E-state index >= 15 is 0 Å². The van der Waals surface area contributed by atoms with Crippen LogP contribution < -0.4 is 16.4 Å². The van der Waals surface area contributed by atoms with Crippen LogP contribution in [0.1, 0.15) is 31.1 Å². The summed E-state index contributed by atoms with van der Waals surface area (Å²) in [5.74, 6) is -1.45. The zero-order valence-electron chi connectivity index (χ0n) is 11.9. The molecular formula is C14H20FN3O2. The molecule has 0 heterocycles. The maximum atomic E-state index is 13.7. The van der Waals surface area contributed by atoms with Crippen LogP contribution >= 0.6 is 0 Å². The van der Waals surface area contributed by atoms with Crippen LogP contribution in [0.3, 0.4) is 0 Å². The smallest absolute Gasteiger partial charge is 0.253 e. The number of hydrogen-bond acceptors (Lipinski definition) is 3. The maximum Gasteiger partial charge on any atom is 0.253 e. The Balaban J connectivity index is 2.88. The number of hydrogen-bond donors (Lipinski definition) is 3. The molecule has 0 aromatic heterocycles. The van der Waals surface area contributed by atoms with Gasteiger partial charge in [0.05, 0.1) is 16.7 Å². The summed E-state index contributed by atoms with van der Waals surface area (Å²) in [5, 5.41) is 5.42. The SMILES string of the molecule is CCNc1c(F)cccc1C(=O)NCC(C)(C)C(N)=O. The van der Waals surface area contributed by atoms with Gasteiger partial charge in [-0.1, -0.05) is 6.07 Å². The van der Waals surface area contributed by atoms with Crippen molar-refractivity contribution in [2.24, 2.45) is 11.1 Å². The van der Waals surface area contributed by atoms with E-state index in [9.17, 15) is 14.0 Å². The van der Waals surface area contributed by atoms with E-state index < -0.39 is 23.0 Å². The monoisotopic (exact) mass is 281 g/mol. The van der Waals surface area contributed by atoms with Crippen molar-refractivity contribution in [3.05, 3.63) is 29.6 Å². The number of carbonyl (C=O) groups excluding carboxylic acids is 2. The predicted molar refractivity (Wildman–Crippen MR) is 75.9 cm³/mol. The van der Waals surface area contributed by atoms with Gasteiger partial charge in [-0.25, -0.2) is 4.39 Å². The summed E-state index contributed by atoms with van der Waals surface area (Å²) in [6, 6.07) is 4.26. The lowest BCUT2D eigenvalue weighted by Crippen LogP contribution is -2.42. The van der Waals surface area contributed by atoms with E-state index in [2.05, 4.69) is 10.6 Å². The van der Waals surface area contributed by atoms with Gasteiger partial charge in [0, 0.05) is 13.1 Å². The van der Waals surface area contributed by atoms with E-state index in [-0.39, 0.29) is 17.8 Å². The largest absolute Gasteiger partial charge is 0.382 e. The van der Waals surface area contributed by atoms with Gasteiger partial charge < -0.3 is 16.4 Å². The number of nitrogens with one attached hydrogen (secondary N) is 2. The summed E-state index contributed by atoms with van der Waals surface area (Å²) in [6.45, 7) is 5.65. The van der Waals surface area contributed by atoms with Crippen molar-refractivity contribution in [2.75, 3.05) is 18.4 Å². The fourth-order valence-corrected chi connectivity index (χ4v) is 1.55. The highest BCUT2D eigenvalue weighted by Gasteiger charge is 2.26. The Labute approximate surface area is 117 Å². The average molecular weight is 281 g/mol. The number of rotatable bonds is 6. The summed E-state index contributed by atoms with van der Waals surface area (Å²) in [7, 11) is 0. The van der Waals surface area contributed by atoms with Crippen LogP contribution in [0.5, 0.6) is 0 Å². The Morgan fingerprint density at radius 1 is 1.35 bits per heavy atom. The van der Waals surface area contributed by atoms with E-state index in [0.29, 0.717) is 6.54 Å². The summed E-state index contributed by atoms with van der Waals surface area (Å²) in [4.78, 5) is 23.3. The second kappa shape index (κ2) is 6.36. The first kappa shape index (κ1) is 15.9. The molecule has 110 valence electrons. The van der Waals surface area contributed by atoms with Crippen LogP contribution in [0, 0.1) is 11.2 Å². The minimum Gasteiger partial charge on any atom is -0.382 e. The maximum absolute atomic E-state index is 13.7. The van der Waals surface area contributed by atoms with Crippen molar-refractivity contribution in [3.8, 4) is 0 Å². The number of carbonyl (C=O) groups is 2. The van der Waals surface area contributed by atoms with Crippen LogP contribution in [0.25, 0.3) is 0 Å². The molecule has 0 aliphatic carbocycles. The third-order valence-corrected chi connectivity index (χ3v) is 2.97. The molecule has 0 spiro atoms. The minimum atomic E-state index is -0.860. The predicted octanol–water partition coefficient (Wildman–Crippen LogP) is 1.50. The molecule has 0 atom stereocenters. The van der Waals surface area contributed by atoms with Gasteiger partial charge in [-0.15, -0.1) is 0 Å². The highest BCUT2D eigenvalue weighted by atomic mass is 19.1. The number of benzene rings is 1. The number of primary amides is 1. The first-order chi connectivity index (χ1) is 9.29. The number of anilines is 1. The van der Waals surface area contributed by atoms with Gasteiger partial charge in [0.25, 0.3) is 5.91 Å². The minimum absolute atomic E-state index is 0.0866. The molecule has 2 amide bonds. The lowest BCUT2D eigenvalue weighted by Gasteiger charge is -2.21. The molecule has 1 aromatic carbocycles. The van der Waals surface area contributed by atoms with Gasteiger partial charge in [-0.3, -0.25) is 9.59 Å². The Morgan fingerprint density at radius 2 is 2.00 bits per heavy atom. The van der Waals surface area contributed by atoms with Crippen molar-refractivity contribution in [1.29, 1.82) is 0 Å². The molecule has 0 aliphatic rings. The van der Waals surface area contributed by atoms with Crippen molar-refractivity contribution in [2.45, 2.75) is 20.8 Å². The molecule has 0 saturated heterocycles. The van der Waals surface area contributed by atoms with E-state index in [4.69, 9.17) is 5.73 Å². The molecule has 1 aromatic rings. The number of para-hydroxylation sites is 1. The molecule has 0 aliphatic heterocycles. The van der Waals surface area contributed by atoms with Gasteiger partial charge in [-0.05, 0) is 32.9 Å². The molecule has 0 fully saturated rings. The molecule has 0 radical (unpaired) electrons. The van der Waals surface area contributed by atoms with E-state index in [1.54, 1.807) is 13.8 Å². The summed E-state index contributed by atoms with van der Waals surface area (Å²) in [5.41, 5.74) is 4.73. The van der Waals surface area contributed by atoms with Crippen LogP contribution in [0.2, 0.25) is 0 Å². The molecule has 5 nitrogen and oxygen atoms in total. The van der Waals surface area contributed by atoms with Crippen LogP contribution in [-0.2, 0) is 4.79 Å². The van der Waals surface area contributed by atoms with E-state index in [1.807, 2.05) is 6.92 Å². The van der Waals surface area contributed by atoms with Gasteiger partial charge in [-0.2, -0.15) is 0 Å². The highest BCUT2D eigenvalue weighted by Crippen LogP contribution is 2.20. The zero-order chi connectivity index (χ0) is 15.3. The Bertz CT molecular complexity index is 515. The molecule has 4 N–H and O–H groups in total. The molecule has 6 heteroatoms. The highest BCUT2D eigenvalue weighted by molar-refractivity contribution is 6.00. The average Bonchev–Trinajstić information content (AvgIpc) is 2.38. The van der Waals surface area contributed by atoms with Crippen LogP contribution in [0.4, 0.5) is 10.1 Å². The van der Waals surface area contributed by atoms with Crippen molar-refractivity contribution in [1.82, 2.24) is 5.32 Å². The second-order valence-electron chi connectivity index (χ2n) is 5.12.